The van der Waals surface area contributed by atoms with Gasteiger partial charge in [0.25, 0.3) is 0 Å². The number of hydrogen-bond acceptors (Lipinski definition) is 6. The first-order valence-corrected chi connectivity index (χ1v) is 13.3. The first-order valence-electron chi connectivity index (χ1n) is 11.8. The third-order valence-corrected chi connectivity index (χ3v) is 7.26. The van der Waals surface area contributed by atoms with E-state index in [4.69, 9.17) is 10.5 Å². The molecule has 196 valence electrons. The summed E-state index contributed by atoms with van der Waals surface area (Å²) in [6, 6.07) is 21.1. The number of amides is 1. The summed E-state index contributed by atoms with van der Waals surface area (Å²) in [6.45, 7) is 1.55. The Hall–Kier alpha value is -4.28. The zero-order valence-electron chi connectivity index (χ0n) is 20.5. The standard InChI is InChI=1S/C28H26FN3O5S/c1-2-26(33)37-27-23(29)8-5-9-24(27)31-28(34)25(16-18-10-13-21(30)14-11-18)32-38(35,36)22-15-12-19-6-3-4-7-20(19)17-22/h3-15,17,25,32H,2,16,30H2,1H3,(H,31,34)/t25-/m0/s1. The smallest absolute Gasteiger partial charge is 0.311 e. The Morgan fingerprint density at radius 1 is 0.947 bits per heavy atom. The molecule has 4 aromatic rings. The van der Waals surface area contributed by atoms with Gasteiger partial charge < -0.3 is 15.8 Å². The zero-order chi connectivity index (χ0) is 27.3. The van der Waals surface area contributed by atoms with Crippen LogP contribution < -0.4 is 20.5 Å². The zero-order valence-corrected chi connectivity index (χ0v) is 21.3. The van der Waals surface area contributed by atoms with Crippen LogP contribution in [0.2, 0.25) is 0 Å². The monoisotopic (exact) mass is 535 g/mol. The van der Waals surface area contributed by atoms with Crippen LogP contribution in [-0.4, -0.2) is 26.3 Å². The number of hydrogen-bond donors (Lipinski definition) is 3. The number of benzene rings is 4. The van der Waals surface area contributed by atoms with Crippen LogP contribution in [0.3, 0.4) is 0 Å². The topological polar surface area (TPSA) is 128 Å². The van der Waals surface area contributed by atoms with Gasteiger partial charge in [0.2, 0.25) is 15.9 Å². The number of ether oxygens (including phenoxy) is 1. The molecule has 0 saturated carbocycles. The number of esters is 1. The summed E-state index contributed by atoms with van der Waals surface area (Å²) in [5.41, 5.74) is 6.79. The second-order valence-electron chi connectivity index (χ2n) is 8.56. The third-order valence-electron chi connectivity index (χ3n) is 5.79. The fraction of sp³-hybridized carbons (Fsp3) is 0.143. The van der Waals surface area contributed by atoms with Crippen molar-refractivity contribution in [2.75, 3.05) is 11.1 Å². The fourth-order valence-corrected chi connectivity index (χ4v) is 5.01. The molecule has 0 spiro atoms. The number of carbonyl (C=O) groups is 2. The van der Waals surface area contributed by atoms with E-state index in [1.54, 1.807) is 49.4 Å². The molecule has 4 N–H and O–H groups in total. The Morgan fingerprint density at radius 3 is 2.37 bits per heavy atom. The Labute approximate surface area is 219 Å². The van der Waals surface area contributed by atoms with Gasteiger partial charge in [-0.3, -0.25) is 9.59 Å². The first-order chi connectivity index (χ1) is 18.2. The van der Waals surface area contributed by atoms with E-state index >= 15 is 0 Å². The van der Waals surface area contributed by atoms with Crippen molar-refractivity contribution in [2.24, 2.45) is 0 Å². The largest absolute Gasteiger partial charge is 0.421 e. The molecule has 0 radical (unpaired) electrons. The molecule has 0 aliphatic carbocycles. The molecule has 0 fully saturated rings. The molecule has 8 nitrogen and oxygen atoms in total. The lowest BCUT2D eigenvalue weighted by Gasteiger charge is -2.20. The van der Waals surface area contributed by atoms with Gasteiger partial charge in [-0.2, -0.15) is 4.72 Å². The first kappa shape index (κ1) is 26.8. The Bertz CT molecular complexity index is 1590. The summed E-state index contributed by atoms with van der Waals surface area (Å²) in [5.74, 6) is -2.76. The van der Waals surface area contributed by atoms with Gasteiger partial charge in [0.05, 0.1) is 10.6 Å². The minimum Gasteiger partial charge on any atom is -0.421 e. The van der Waals surface area contributed by atoms with Crippen molar-refractivity contribution in [3.63, 3.8) is 0 Å². The van der Waals surface area contributed by atoms with E-state index in [9.17, 15) is 22.4 Å². The van der Waals surface area contributed by atoms with E-state index in [2.05, 4.69) is 10.0 Å². The number of sulfonamides is 1. The maximum atomic E-state index is 14.5. The summed E-state index contributed by atoms with van der Waals surface area (Å²) in [4.78, 5) is 25.2. The normalized spacial score (nSPS) is 12.2. The predicted molar refractivity (Wildman–Crippen MR) is 144 cm³/mol. The summed E-state index contributed by atoms with van der Waals surface area (Å²) >= 11 is 0. The number of nitrogens with two attached hydrogens (primary N) is 1. The molecule has 38 heavy (non-hydrogen) atoms. The van der Waals surface area contributed by atoms with E-state index in [0.29, 0.717) is 11.3 Å². The van der Waals surface area contributed by atoms with Gasteiger partial charge in [0.15, 0.2) is 11.6 Å². The van der Waals surface area contributed by atoms with Gasteiger partial charge in [-0.05, 0) is 59.2 Å². The van der Waals surface area contributed by atoms with Crippen LogP contribution in [0.4, 0.5) is 15.8 Å². The average Bonchev–Trinajstić information content (AvgIpc) is 2.91. The quantitative estimate of drug-likeness (QED) is 0.166. The van der Waals surface area contributed by atoms with Gasteiger partial charge >= 0.3 is 5.97 Å². The van der Waals surface area contributed by atoms with Crippen molar-refractivity contribution in [1.82, 2.24) is 4.72 Å². The van der Waals surface area contributed by atoms with E-state index in [1.165, 1.54) is 24.3 Å². The molecule has 4 aromatic carbocycles. The molecule has 0 saturated heterocycles. The van der Waals surface area contributed by atoms with Crippen LogP contribution >= 0.6 is 0 Å². The summed E-state index contributed by atoms with van der Waals surface area (Å²) in [7, 11) is -4.15. The van der Waals surface area contributed by atoms with Crippen molar-refractivity contribution in [2.45, 2.75) is 30.7 Å². The number of nitrogens with one attached hydrogen (secondary N) is 2. The van der Waals surface area contributed by atoms with Crippen LogP contribution in [0.5, 0.6) is 5.75 Å². The number of carbonyl (C=O) groups excluding carboxylic acids is 2. The molecule has 0 aliphatic heterocycles. The van der Waals surface area contributed by atoms with E-state index in [1.807, 2.05) is 12.1 Å². The number of halogens is 1. The van der Waals surface area contributed by atoms with Crippen LogP contribution in [0.1, 0.15) is 18.9 Å². The predicted octanol–water partition coefficient (Wildman–Crippen LogP) is 4.40. The highest BCUT2D eigenvalue weighted by Gasteiger charge is 2.28. The Kier molecular flexibility index (Phi) is 8.04. The van der Waals surface area contributed by atoms with Crippen molar-refractivity contribution < 1.29 is 27.1 Å². The Balaban J connectivity index is 1.66. The van der Waals surface area contributed by atoms with E-state index in [-0.39, 0.29) is 23.4 Å². The molecule has 0 aliphatic rings. The van der Waals surface area contributed by atoms with Gasteiger partial charge in [-0.25, -0.2) is 12.8 Å². The van der Waals surface area contributed by atoms with Gasteiger partial charge in [-0.15, -0.1) is 0 Å². The molecular formula is C28H26FN3O5S. The number of nitrogen functional groups attached to an aromatic ring is 1. The molecular weight excluding hydrogens is 509 g/mol. The second kappa shape index (κ2) is 11.4. The second-order valence-corrected chi connectivity index (χ2v) is 10.3. The summed E-state index contributed by atoms with van der Waals surface area (Å²) in [6.07, 6.45) is -0.0363. The third kappa shape index (κ3) is 6.34. The lowest BCUT2D eigenvalue weighted by molar-refractivity contribution is -0.134. The lowest BCUT2D eigenvalue weighted by Crippen LogP contribution is -2.45. The molecule has 1 atom stereocenters. The molecule has 1 amide bonds. The van der Waals surface area contributed by atoms with Crippen molar-refractivity contribution >= 4 is 44.0 Å². The van der Waals surface area contributed by atoms with Crippen LogP contribution in [0, 0.1) is 5.82 Å². The maximum absolute atomic E-state index is 14.5. The molecule has 0 heterocycles. The highest BCUT2D eigenvalue weighted by molar-refractivity contribution is 7.89. The van der Waals surface area contributed by atoms with E-state index < -0.39 is 39.5 Å². The van der Waals surface area contributed by atoms with Gasteiger partial charge in [0.1, 0.15) is 6.04 Å². The minimum absolute atomic E-state index is 0.00690. The number of anilines is 2. The van der Waals surface area contributed by atoms with Crippen molar-refractivity contribution in [3.8, 4) is 5.75 Å². The highest BCUT2D eigenvalue weighted by atomic mass is 32.2. The molecule has 4 rings (SSSR count). The van der Waals surface area contributed by atoms with Gasteiger partial charge in [0, 0.05) is 12.1 Å². The fourth-order valence-electron chi connectivity index (χ4n) is 3.78. The molecule has 10 heteroatoms. The van der Waals surface area contributed by atoms with Crippen molar-refractivity contribution in [1.29, 1.82) is 0 Å². The van der Waals surface area contributed by atoms with Crippen LogP contribution in [-0.2, 0) is 26.0 Å². The van der Waals surface area contributed by atoms with Crippen molar-refractivity contribution in [3.05, 3.63) is 96.3 Å². The Morgan fingerprint density at radius 2 is 1.66 bits per heavy atom. The number of fused-ring (bicyclic) bond motifs is 1. The van der Waals surface area contributed by atoms with E-state index in [0.717, 1.165) is 16.8 Å². The SMILES string of the molecule is CCC(=O)Oc1c(F)cccc1NC(=O)[C@H](Cc1ccc(N)cc1)NS(=O)(=O)c1ccc2ccccc2c1. The van der Waals surface area contributed by atoms with Crippen LogP contribution in [0.25, 0.3) is 10.8 Å². The highest BCUT2D eigenvalue weighted by Crippen LogP contribution is 2.29. The number of para-hydroxylation sites is 1. The maximum Gasteiger partial charge on any atom is 0.311 e. The molecule has 0 unspecified atom stereocenters. The average molecular weight is 536 g/mol. The summed E-state index contributed by atoms with van der Waals surface area (Å²) in [5, 5.41) is 4.09. The summed E-state index contributed by atoms with van der Waals surface area (Å²) < 4.78 is 48.7. The van der Waals surface area contributed by atoms with Crippen LogP contribution in [0.15, 0.2) is 89.8 Å². The lowest BCUT2D eigenvalue weighted by atomic mass is 10.1. The molecule has 0 aromatic heterocycles. The number of rotatable bonds is 9. The van der Waals surface area contributed by atoms with Gasteiger partial charge in [-0.1, -0.05) is 55.5 Å². The molecule has 0 bridgehead atoms. The minimum atomic E-state index is -4.15.